The maximum atomic E-state index is 12.8. The Bertz CT molecular complexity index is 432. The summed E-state index contributed by atoms with van der Waals surface area (Å²) in [6, 6.07) is 5.42. The third kappa shape index (κ3) is 5.30. The quantitative estimate of drug-likeness (QED) is 0.867. The molecule has 0 bridgehead atoms. The zero-order chi connectivity index (χ0) is 14.5. The van der Waals surface area contributed by atoms with E-state index in [-0.39, 0.29) is 18.5 Å². The van der Waals surface area contributed by atoms with E-state index >= 15 is 0 Å². The van der Waals surface area contributed by atoms with E-state index in [1.54, 1.807) is 18.0 Å². The van der Waals surface area contributed by atoms with Gasteiger partial charge in [0.25, 0.3) is 0 Å². The third-order valence-electron chi connectivity index (χ3n) is 2.69. The first-order valence-electron chi connectivity index (χ1n) is 5.86. The second-order valence-corrected chi connectivity index (χ2v) is 4.39. The molecule has 0 radical (unpaired) electrons. The second-order valence-electron chi connectivity index (χ2n) is 4.39. The monoisotopic (exact) mass is 275 g/mol. The Balaban J connectivity index is 2.64. The van der Waals surface area contributed by atoms with Gasteiger partial charge < -0.3 is 10.0 Å². The van der Waals surface area contributed by atoms with Crippen molar-refractivity contribution in [3.8, 4) is 0 Å². The highest BCUT2D eigenvalue weighted by atomic mass is 19.4. The SMILES string of the molecule is CN(CCCC(=O)O)Cc1ccccc1C(F)(F)F. The van der Waals surface area contributed by atoms with E-state index < -0.39 is 17.7 Å². The maximum absolute atomic E-state index is 12.8. The van der Waals surface area contributed by atoms with Crippen molar-refractivity contribution < 1.29 is 23.1 Å². The second kappa shape index (κ2) is 6.56. The lowest BCUT2D eigenvalue weighted by atomic mass is 10.1. The number of hydrogen-bond acceptors (Lipinski definition) is 2. The summed E-state index contributed by atoms with van der Waals surface area (Å²) in [5.41, 5.74) is -0.437. The lowest BCUT2D eigenvalue weighted by molar-refractivity contribution is -0.138. The standard InChI is InChI=1S/C13H16F3NO2/c1-17(8-4-7-12(18)19)9-10-5-2-3-6-11(10)13(14,15)16/h2-3,5-6H,4,7-9H2,1H3,(H,18,19). The number of aliphatic carboxylic acids is 1. The van der Waals surface area contributed by atoms with E-state index in [2.05, 4.69) is 0 Å². The molecule has 0 spiro atoms. The Kier molecular flexibility index (Phi) is 5.35. The third-order valence-corrected chi connectivity index (χ3v) is 2.69. The summed E-state index contributed by atoms with van der Waals surface area (Å²) in [5.74, 6) is -0.899. The van der Waals surface area contributed by atoms with Crippen LogP contribution < -0.4 is 0 Å². The molecule has 0 saturated carbocycles. The molecule has 1 N–H and O–H groups in total. The molecule has 1 aromatic rings. The van der Waals surface area contributed by atoms with E-state index in [0.29, 0.717) is 13.0 Å². The topological polar surface area (TPSA) is 40.5 Å². The van der Waals surface area contributed by atoms with E-state index in [1.807, 2.05) is 0 Å². The number of alkyl halides is 3. The van der Waals surface area contributed by atoms with Gasteiger partial charge in [0.2, 0.25) is 0 Å². The van der Waals surface area contributed by atoms with Crippen LogP contribution in [0.25, 0.3) is 0 Å². The highest BCUT2D eigenvalue weighted by Gasteiger charge is 2.32. The predicted molar refractivity (Wildman–Crippen MR) is 64.6 cm³/mol. The molecule has 6 heteroatoms. The Morgan fingerprint density at radius 2 is 1.95 bits per heavy atom. The Labute approximate surface area is 109 Å². The number of carbonyl (C=O) groups is 1. The van der Waals surface area contributed by atoms with Crippen LogP contribution in [0.3, 0.4) is 0 Å². The van der Waals surface area contributed by atoms with Gasteiger partial charge in [-0.1, -0.05) is 18.2 Å². The first-order valence-corrected chi connectivity index (χ1v) is 5.86. The molecule has 0 unspecified atom stereocenters. The molecule has 0 saturated heterocycles. The summed E-state index contributed by atoms with van der Waals surface area (Å²) in [5, 5.41) is 8.50. The summed E-state index contributed by atoms with van der Waals surface area (Å²) in [6.07, 6.45) is -3.93. The van der Waals surface area contributed by atoms with Crippen molar-refractivity contribution in [2.45, 2.75) is 25.6 Å². The molecule has 1 aromatic carbocycles. The van der Waals surface area contributed by atoms with Crippen LogP contribution in [0.1, 0.15) is 24.0 Å². The number of nitrogens with zero attached hydrogens (tertiary/aromatic N) is 1. The van der Waals surface area contributed by atoms with Crippen molar-refractivity contribution in [1.29, 1.82) is 0 Å². The number of carboxylic acid groups (broad SMARTS) is 1. The van der Waals surface area contributed by atoms with E-state index in [0.717, 1.165) is 6.07 Å². The molecule has 0 amide bonds. The normalized spacial score (nSPS) is 11.8. The summed E-state index contributed by atoms with van der Waals surface area (Å²) in [7, 11) is 1.68. The van der Waals surface area contributed by atoms with Gasteiger partial charge in [-0.3, -0.25) is 4.79 Å². The average Bonchev–Trinajstić information content (AvgIpc) is 2.27. The molecule has 3 nitrogen and oxygen atoms in total. The van der Waals surface area contributed by atoms with Crippen molar-refractivity contribution in [3.63, 3.8) is 0 Å². The molecule has 0 aromatic heterocycles. The number of hydrogen-bond donors (Lipinski definition) is 1. The van der Waals surface area contributed by atoms with Crippen LogP contribution in [0.4, 0.5) is 13.2 Å². The van der Waals surface area contributed by atoms with Gasteiger partial charge in [-0.25, -0.2) is 0 Å². The predicted octanol–water partition coefficient (Wildman–Crippen LogP) is 3.00. The molecule has 0 aliphatic heterocycles. The minimum atomic E-state index is -4.36. The molecule has 0 atom stereocenters. The summed E-state index contributed by atoms with van der Waals surface area (Å²) in [6.45, 7) is 0.591. The summed E-state index contributed by atoms with van der Waals surface area (Å²) in [4.78, 5) is 12.0. The van der Waals surface area contributed by atoms with Crippen LogP contribution in [-0.4, -0.2) is 29.6 Å². The minimum absolute atomic E-state index is 0.0191. The molecule has 0 aliphatic carbocycles. The van der Waals surface area contributed by atoms with E-state index in [4.69, 9.17) is 5.11 Å². The number of benzene rings is 1. The minimum Gasteiger partial charge on any atom is -0.481 e. The van der Waals surface area contributed by atoms with Gasteiger partial charge in [-0.15, -0.1) is 0 Å². The van der Waals surface area contributed by atoms with E-state index in [9.17, 15) is 18.0 Å². The van der Waals surface area contributed by atoms with Gasteiger partial charge in [-0.05, 0) is 31.6 Å². The molecule has 19 heavy (non-hydrogen) atoms. The van der Waals surface area contributed by atoms with Gasteiger partial charge in [-0.2, -0.15) is 13.2 Å². The van der Waals surface area contributed by atoms with Gasteiger partial charge in [0, 0.05) is 13.0 Å². The highest BCUT2D eigenvalue weighted by Crippen LogP contribution is 2.32. The first kappa shape index (κ1) is 15.5. The molecule has 0 aliphatic rings. The molecule has 0 heterocycles. The first-order chi connectivity index (χ1) is 8.80. The van der Waals surface area contributed by atoms with Crippen molar-refractivity contribution in [2.24, 2.45) is 0 Å². The zero-order valence-corrected chi connectivity index (χ0v) is 10.6. The molecule has 1 rings (SSSR count). The highest BCUT2D eigenvalue weighted by molar-refractivity contribution is 5.66. The van der Waals surface area contributed by atoms with Gasteiger partial charge in [0.05, 0.1) is 5.56 Å². The van der Waals surface area contributed by atoms with Crippen LogP contribution in [0, 0.1) is 0 Å². The van der Waals surface area contributed by atoms with Gasteiger partial charge in [0.15, 0.2) is 0 Å². The van der Waals surface area contributed by atoms with Crippen molar-refractivity contribution in [2.75, 3.05) is 13.6 Å². The van der Waals surface area contributed by atoms with Gasteiger partial charge >= 0.3 is 12.1 Å². The van der Waals surface area contributed by atoms with Crippen LogP contribution in [0.5, 0.6) is 0 Å². The van der Waals surface area contributed by atoms with E-state index in [1.165, 1.54) is 12.1 Å². The number of halogens is 3. The molecule has 0 fully saturated rings. The summed E-state index contributed by atoms with van der Waals surface area (Å²) >= 11 is 0. The van der Waals surface area contributed by atoms with Crippen molar-refractivity contribution in [1.82, 2.24) is 4.90 Å². The summed E-state index contributed by atoms with van der Waals surface area (Å²) < 4.78 is 38.3. The Hall–Kier alpha value is -1.56. The molecular formula is C13H16F3NO2. The molecular weight excluding hydrogens is 259 g/mol. The lowest BCUT2D eigenvalue weighted by Crippen LogP contribution is -2.22. The fourth-order valence-electron chi connectivity index (χ4n) is 1.80. The van der Waals surface area contributed by atoms with Crippen LogP contribution in [0.15, 0.2) is 24.3 Å². The molecule has 106 valence electrons. The van der Waals surface area contributed by atoms with Crippen molar-refractivity contribution >= 4 is 5.97 Å². The zero-order valence-electron chi connectivity index (χ0n) is 10.6. The van der Waals surface area contributed by atoms with Crippen molar-refractivity contribution in [3.05, 3.63) is 35.4 Å². The van der Waals surface area contributed by atoms with Gasteiger partial charge in [0.1, 0.15) is 0 Å². The Morgan fingerprint density at radius 3 is 2.53 bits per heavy atom. The average molecular weight is 275 g/mol. The maximum Gasteiger partial charge on any atom is 0.416 e. The largest absolute Gasteiger partial charge is 0.481 e. The fourth-order valence-corrected chi connectivity index (χ4v) is 1.80. The van der Waals surface area contributed by atoms with Crippen LogP contribution in [0.2, 0.25) is 0 Å². The van der Waals surface area contributed by atoms with Crippen LogP contribution >= 0.6 is 0 Å². The van der Waals surface area contributed by atoms with Crippen LogP contribution in [-0.2, 0) is 17.5 Å². The smallest absolute Gasteiger partial charge is 0.416 e. The number of rotatable bonds is 6. The number of carboxylic acids is 1. The Morgan fingerprint density at radius 1 is 1.32 bits per heavy atom. The fraction of sp³-hybridized carbons (Fsp3) is 0.462. The lowest BCUT2D eigenvalue weighted by Gasteiger charge is -2.19.